The van der Waals surface area contributed by atoms with Crippen LogP contribution in [-0.4, -0.2) is 37.5 Å². The third-order valence-corrected chi connectivity index (χ3v) is 2.76. The van der Waals surface area contributed by atoms with Crippen molar-refractivity contribution >= 4 is 27.5 Å². The van der Waals surface area contributed by atoms with Crippen LogP contribution in [0.25, 0.3) is 0 Å². The molecular formula is C11H16BrN3O. The van der Waals surface area contributed by atoms with Crippen LogP contribution >= 0.6 is 15.9 Å². The highest BCUT2D eigenvalue weighted by Crippen LogP contribution is 2.20. The molecule has 0 spiro atoms. The van der Waals surface area contributed by atoms with Crippen molar-refractivity contribution in [3.8, 4) is 0 Å². The average Bonchev–Trinajstić information content (AvgIpc) is 2.21. The second-order valence-electron chi connectivity index (χ2n) is 3.55. The number of anilines is 1. The van der Waals surface area contributed by atoms with Gasteiger partial charge in [0, 0.05) is 17.6 Å². The molecule has 1 amide bonds. The molecular weight excluding hydrogens is 270 g/mol. The molecule has 0 fully saturated rings. The summed E-state index contributed by atoms with van der Waals surface area (Å²) in [4.78, 5) is 13.5. The van der Waals surface area contributed by atoms with E-state index in [2.05, 4.69) is 21.2 Å². The van der Waals surface area contributed by atoms with E-state index in [1.807, 2.05) is 36.2 Å². The summed E-state index contributed by atoms with van der Waals surface area (Å²) in [5.41, 5.74) is 6.19. The maximum atomic E-state index is 11.6. The van der Waals surface area contributed by atoms with Crippen LogP contribution in [0.1, 0.15) is 0 Å². The van der Waals surface area contributed by atoms with Crippen LogP contribution in [-0.2, 0) is 4.79 Å². The number of amides is 1. The molecule has 0 aliphatic carbocycles. The number of para-hydroxylation sites is 1. The molecule has 1 rings (SSSR count). The summed E-state index contributed by atoms with van der Waals surface area (Å²) < 4.78 is 0.879. The molecule has 1 aromatic rings. The average molecular weight is 286 g/mol. The van der Waals surface area contributed by atoms with Crippen LogP contribution in [0, 0.1) is 0 Å². The molecule has 0 saturated carbocycles. The van der Waals surface area contributed by atoms with E-state index in [0.29, 0.717) is 19.6 Å². The fraction of sp³-hybridized carbons (Fsp3) is 0.364. The molecule has 0 unspecified atom stereocenters. The molecule has 1 aromatic carbocycles. The second kappa shape index (κ2) is 6.62. The van der Waals surface area contributed by atoms with Gasteiger partial charge in [0.15, 0.2) is 0 Å². The Balaban J connectivity index is 2.49. The standard InChI is InChI=1S/C11H16BrN3O/c1-15(7-6-13)8-11(16)14-10-5-3-2-4-9(10)12/h2-5H,6-8,13H2,1H3,(H,14,16). The predicted octanol–water partition coefficient (Wildman–Crippen LogP) is 1.28. The summed E-state index contributed by atoms with van der Waals surface area (Å²) in [6, 6.07) is 7.52. The Labute approximate surface area is 104 Å². The van der Waals surface area contributed by atoms with Crippen molar-refractivity contribution in [2.45, 2.75) is 0 Å². The van der Waals surface area contributed by atoms with E-state index in [1.54, 1.807) is 0 Å². The predicted molar refractivity (Wildman–Crippen MR) is 69.3 cm³/mol. The molecule has 5 heteroatoms. The molecule has 0 radical (unpaired) electrons. The molecule has 0 aromatic heterocycles. The van der Waals surface area contributed by atoms with Crippen molar-refractivity contribution in [3.63, 3.8) is 0 Å². The van der Waals surface area contributed by atoms with Crippen molar-refractivity contribution < 1.29 is 4.79 Å². The van der Waals surface area contributed by atoms with E-state index < -0.39 is 0 Å². The van der Waals surface area contributed by atoms with Gasteiger partial charge in [0.1, 0.15) is 0 Å². The zero-order chi connectivity index (χ0) is 12.0. The van der Waals surface area contributed by atoms with Gasteiger partial charge in [-0.25, -0.2) is 0 Å². The van der Waals surface area contributed by atoms with Gasteiger partial charge in [-0.15, -0.1) is 0 Å². The molecule has 0 bridgehead atoms. The summed E-state index contributed by atoms with van der Waals surface area (Å²) in [6.45, 7) is 1.61. The second-order valence-corrected chi connectivity index (χ2v) is 4.41. The first kappa shape index (κ1) is 13.2. The molecule has 0 aliphatic heterocycles. The van der Waals surface area contributed by atoms with Crippen LogP contribution in [0.2, 0.25) is 0 Å². The summed E-state index contributed by atoms with van der Waals surface area (Å²) >= 11 is 3.37. The molecule has 0 aliphatic rings. The Kier molecular flexibility index (Phi) is 5.45. The Morgan fingerprint density at radius 1 is 1.50 bits per heavy atom. The molecule has 4 nitrogen and oxygen atoms in total. The number of hydrogen-bond acceptors (Lipinski definition) is 3. The number of carbonyl (C=O) groups is 1. The number of halogens is 1. The lowest BCUT2D eigenvalue weighted by Gasteiger charge is -2.15. The first-order chi connectivity index (χ1) is 7.63. The number of rotatable bonds is 5. The Hall–Kier alpha value is -0.910. The number of nitrogens with one attached hydrogen (secondary N) is 1. The van der Waals surface area contributed by atoms with E-state index in [0.717, 1.165) is 10.2 Å². The number of benzene rings is 1. The van der Waals surface area contributed by atoms with Gasteiger partial charge in [-0.05, 0) is 35.1 Å². The van der Waals surface area contributed by atoms with E-state index in [4.69, 9.17) is 5.73 Å². The lowest BCUT2D eigenvalue weighted by atomic mass is 10.3. The molecule has 0 heterocycles. The fourth-order valence-electron chi connectivity index (χ4n) is 1.30. The van der Waals surface area contributed by atoms with Gasteiger partial charge >= 0.3 is 0 Å². The van der Waals surface area contributed by atoms with Gasteiger partial charge in [0.05, 0.1) is 12.2 Å². The van der Waals surface area contributed by atoms with Crippen LogP contribution in [0.4, 0.5) is 5.69 Å². The number of likely N-dealkylation sites (N-methyl/N-ethyl adjacent to an activating group) is 1. The highest BCUT2D eigenvalue weighted by molar-refractivity contribution is 9.10. The van der Waals surface area contributed by atoms with Crippen molar-refractivity contribution in [3.05, 3.63) is 28.7 Å². The molecule has 0 atom stereocenters. The normalized spacial score (nSPS) is 10.5. The van der Waals surface area contributed by atoms with Crippen LogP contribution in [0.15, 0.2) is 28.7 Å². The van der Waals surface area contributed by atoms with Gasteiger partial charge in [0.2, 0.25) is 5.91 Å². The first-order valence-corrected chi connectivity index (χ1v) is 5.85. The van der Waals surface area contributed by atoms with Crippen molar-refractivity contribution in [2.75, 3.05) is 32.0 Å². The molecule has 88 valence electrons. The Morgan fingerprint density at radius 2 is 2.19 bits per heavy atom. The maximum absolute atomic E-state index is 11.6. The lowest BCUT2D eigenvalue weighted by Crippen LogP contribution is -2.33. The van der Waals surface area contributed by atoms with Gasteiger partial charge < -0.3 is 11.1 Å². The topological polar surface area (TPSA) is 58.4 Å². The Bertz CT molecular complexity index is 357. The van der Waals surface area contributed by atoms with Gasteiger partial charge in [-0.1, -0.05) is 12.1 Å². The summed E-state index contributed by atoms with van der Waals surface area (Å²) in [7, 11) is 1.87. The summed E-state index contributed by atoms with van der Waals surface area (Å²) in [5, 5.41) is 2.83. The number of hydrogen-bond donors (Lipinski definition) is 2. The minimum atomic E-state index is -0.0390. The van der Waals surface area contributed by atoms with Crippen molar-refractivity contribution in [1.29, 1.82) is 0 Å². The van der Waals surface area contributed by atoms with Gasteiger partial charge in [0.25, 0.3) is 0 Å². The quantitative estimate of drug-likeness (QED) is 0.857. The molecule has 3 N–H and O–H groups in total. The zero-order valence-electron chi connectivity index (χ0n) is 9.24. The summed E-state index contributed by atoms with van der Waals surface area (Å²) in [5.74, 6) is -0.0390. The van der Waals surface area contributed by atoms with E-state index in [1.165, 1.54) is 0 Å². The first-order valence-electron chi connectivity index (χ1n) is 5.06. The monoisotopic (exact) mass is 285 g/mol. The van der Waals surface area contributed by atoms with Crippen molar-refractivity contribution in [1.82, 2.24) is 4.90 Å². The SMILES string of the molecule is CN(CCN)CC(=O)Nc1ccccc1Br. The van der Waals surface area contributed by atoms with Gasteiger partial charge in [-0.2, -0.15) is 0 Å². The third kappa shape index (κ3) is 4.30. The van der Waals surface area contributed by atoms with Gasteiger partial charge in [-0.3, -0.25) is 9.69 Å². The minimum absolute atomic E-state index is 0.0390. The van der Waals surface area contributed by atoms with Crippen LogP contribution < -0.4 is 11.1 Å². The Morgan fingerprint density at radius 3 is 2.81 bits per heavy atom. The number of nitrogens with two attached hydrogens (primary N) is 1. The third-order valence-electron chi connectivity index (χ3n) is 2.07. The minimum Gasteiger partial charge on any atom is -0.329 e. The largest absolute Gasteiger partial charge is 0.329 e. The van der Waals surface area contributed by atoms with E-state index in [9.17, 15) is 4.79 Å². The number of nitrogens with zero attached hydrogens (tertiary/aromatic N) is 1. The van der Waals surface area contributed by atoms with Crippen LogP contribution in [0.3, 0.4) is 0 Å². The highest BCUT2D eigenvalue weighted by Gasteiger charge is 2.07. The highest BCUT2D eigenvalue weighted by atomic mass is 79.9. The van der Waals surface area contributed by atoms with Crippen LogP contribution in [0.5, 0.6) is 0 Å². The maximum Gasteiger partial charge on any atom is 0.238 e. The van der Waals surface area contributed by atoms with E-state index in [-0.39, 0.29) is 5.91 Å². The smallest absolute Gasteiger partial charge is 0.238 e. The molecule has 0 saturated heterocycles. The van der Waals surface area contributed by atoms with Crippen molar-refractivity contribution in [2.24, 2.45) is 5.73 Å². The zero-order valence-corrected chi connectivity index (χ0v) is 10.8. The van der Waals surface area contributed by atoms with E-state index >= 15 is 0 Å². The number of carbonyl (C=O) groups excluding carboxylic acids is 1. The fourth-order valence-corrected chi connectivity index (χ4v) is 1.68. The summed E-state index contributed by atoms with van der Waals surface area (Å²) in [6.07, 6.45) is 0. The molecule has 16 heavy (non-hydrogen) atoms. The lowest BCUT2D eigenvalue weighted by molar-refractivity contribution is -0.117.